The molecule has 6 heteroatoms. The smallest absolute Gasteiger partial charge is 0.228 e. The molecule has 1 aromatic heterocycles. The van der Waals surface area contributed by atoms with Gasteiger partial charge >= 0.3 is 0 Å². The molecule has 0 saturated heterocycles. The zero-order valence-electron chi connectivity index (χ0n) is 12.8. The summed E-state index contributed by atoms with van der Waals surface area (Å²) in [4.78, 5) is 28.9. The summed E-state index contributed by atoms with van der Waals surface area (Å²) in [5.74, 6) is -0.334. The third kappa shape index (κ3) is 4.39. The van der Waals surface area contributed by atoms with Crippen molar-refractivity contribution < 1.29 is 9.59 Å². The molecule has 1 unspecified atom stereocenters. The van der Waals surface area contributed by atoms with Crippen LogP contribution in [0.25, 0.3) is 0 Å². The first-order valence-electron chi connectivity index (χ1n) is 7.01. The lowest BCUT2D eigenvalue weighted by molar-refractivity contribution is -0.120. The van der Waals surface area contributed by atoms with E-state index in [0.29, 0.717) is 5.13 Å². The molecule has 1 atom stereocenters. The number of aromatic nitrogens is 1. The van der Waals surface area contributed by atoms with Crippen LogP contribution >= 0.6 is 11.3 Å². The molecule has 0 aliphatic carbocycles. The summed E-state index contributed by atoms with van der Waals surface area (Å²) in [6, 6.07) is 9.11. The van der Waals surface area contributed by atoms with Crippen LogP contribution < -0.4 is 10.6 Å². The van der Waals surface area contributed by atoms with Gasteiger partial charge in [0.25, 0.3) is 0 Å². The number of anilines is 1. The standard InChI is InChI=1S/C16H19N3O2S/c1-10-11(2)22-16(17-10)19-15(21)9-14(18-12(3)20)13-7-5-4-6-8-13/h4-8,14H,9H2,1-3H3,(H,18,20)(H,17,19,21). The van der Waals surface area contributed by atoms with Crippen LogP contribution in [0.1, 0.15) is 35.5 Å². The Morgan fingerprint density at radius 2 is 1.91 bits per heavy atom. The molecule has 1 heterocycles. The second kappa shape index (κ2) is 7.17. The van der Waals surface area contributed by atoms with E-state index in [1.807, 2.05) is 44.2 Å². The molecule has 5 nitrogen and oxygen atoms in total. The number of hydrogen-bond donors (Lipinski definition) is 2. The van der Waals surface area contributed by atoms with E-state index >= 15 is 0 Å². The lowest BCUT2D eigenvalue weighted by atomic mass is 10.0. The highest BCUT2D eigenvalue weighted by Crippen LogP contribution is 2.22. The number of hydrogen-bond acceptors (Lipinski definition) is 4. The predicted molar refractivity (Wildman–Crippen MR) is 87.8 cm³/mol. The first-order chi connectivity index (χ1) is 10.5. The van der Waals surface area contributed by atoms with Crippen molar-refractivity contribution >= 4 is 28.3 Å². The van der Waals surface area contributed by atoms with Crippen molar-refractivity contribution in [2.75, 3.05) is 5.32 Å². The van der Waals surface area contributed by atoms with E-state index in [4.69, 9.17) is 0 Å². The van der Waals surface area contributed by atoms with Crippen molar-refractivity contribution in [2.45, 2.75) is 33.2 Å². The highest BCUT2D eigenvalue weighted by atomic mass is 32.1. The number of thiazole rings is 1. The van der Waals surface area contributed by atoms with Crippen LogP contribution in [0.5, 0.6) is 0 Å². The topological polar surface area (TPSA) is 71.1 Å². The summed E-state index contributed by atoms with van der Waals surface area (Å²) in [7, 11) is 0. The summed E-state index contributed by atoms with van der Waals surface area (Å²) in [5.41, 5.74) is 1.82. The maximum atomic E-state index is 12.2. The fourth-order valence-corrected chi connectivity index (χ4v) is 2.90. The van der Waals surface area contributed by atoms with Gasteiger partial charge in [-0.2, -0.15) is 0 Å². The van der Waals surface area contributed by atoms with Gasteiger partial charge in [-0.05, 0) is 19.4 Å². The van der Waals surface area contributed by atoms with E-state index in [-0.39, 0.29) is 24.3 Å². The van der Waals surface area contributed by atoms with Gasteiger partial charge in [0.15, 0.2) is 5.13 Å². The molecule has 0 bridgehead atoms. The van der Waals surface area contributed by atoms with Crippen molar-refractivity contribution in [2.24, 2.45) is 0 Å². The van der Waals surface area contributed by atoms with Crippen LogP contribution in [0.2, 0.25) is 0 Å². The molecule has 0 aliphatic heterocycles. The predicted octanol–water partition coefficient (Wildman–Crippen LogP) is 2.97. The Balaban J connectivity index is 2.06. The van der Waals surface area contributed by atoms with Gasteiger partial charge in [0.05, 0.1) is 18.2 Å². The van der Waals surface area contributed by atoms with Crippen LogP contribution in [-0.4, -0.2) is 16.8 Å². The molecule has 22 heavy (non-hydrogen) atoms. The Kier molecular flexibility index (Phi) is 5.27. The molecule has 0 aliphatic rings. The lowest BCUT2D eigenvalue weighted by Gasteiger charge is -2.17. The summed E-state index contributed by atoms with van der Waals surface area (Å²) in [6.07, 6.45) is 0.168. The Hall–Kier alpha value is -2.21. The number of carbonyl (C=O) groups excluding carboxylic acids is 2. The molecular weight excluding hydrogens is 298 g/mol. The largest absolute Gasteiger partial charge is 0.349 e. The molecule has 0 spiro atoms. The molecule has 2 amide bonds. The van der Waals surface area contributed by atoms with Gasteiger partial charge in [-0.15, -0.1) is 11.3 Å². The molecule has 2 N–H and O–H groups in total. The van der Waals surface area contributed by atoms with E-state index in [9.17, 15) is 9.59 Å². The van der Waals surface area contributed by atoms with E-state index in [0.717, 1.165) is 16.1 Å². The SMILES string of the molecule is CC(=O)NC(CC(=O)Nc1nc(C)c(C)s1)c1ccccc1. The third-order valence-corrected chi connectivity index (χ3v) is 4.23. The minimum Gasteiger partial charge on any atom is -0.349 e. The van der Waals surface area contributed by atoms with Gasteiger partial charge in [-0.25, -0.2) is 4.98 Å². The van der Waals surface area contributed by atoms with Gasteiger partial charge in [0.1, 0.15) is 0 Å². The van der Waals surface area contributed by atoms with E-state index in [1.165, 1.54) is 18.3 Å². The summed E-state index contributed by atoms with van der Waals surface area (Å²) >= 11 is 1.45. The zero-order chi connectivity index (χ0) is 16.1. The fraction of sp³-hybridized carbons (Fsp3) is 0.312. The first-order valence-corrected chi connectivity index (χ1v) is 7.83. The minimum absolute atomic E-state index is 0.164. The number of aryl methyl sites for hydroxylation is 2. The Labute approximate surface area is 133 Å². The maximum absolute atomic E-state index is 12.2. The number of nitrogens with one attached hydrogen (secondary N) is 2. The molecule has 0 fully saturated rings. The van der Waals surface area contributed by atoms with Gasteiger partial charge < -0.3 is 10.6 Å². The van der Waals surface area contributed by atoms with E-state index < -0.39 is 0 Å². The number of nitrogens with zero attached hydrogens (tertiary/aromatic N) is 1. The molecule has 0 saturated carbocycles. The van der Waals surface area contributed by atoms with Crippen molar-refractivity contribution in [1.29, 1.82) is 0 Å². The molecule has 2 aromatic rings. The molecular formula is C16H19N3O2S. The average Bonchev–Trinajstić information content (AvgIpc) is 2.76. The normalized spacial score (nSPS) is 11.8. The first kappa shape index (κ1) is 16.2. The Morgan fingerprint density at radius 3 is 2.45 bits per heavy atom. The zero-order valence-corrected chi connectivity index (χ0v) is 13.7. The molecule has 0 radical (unpaired) electrons. The Morgan fingerprint density at radius 1 is 1.23 bits per heavy atom. The van der Waals surface area contributed by atoms with Crippen molar-refractivity contribution in [3.8, 4) is 0 Å². The number of rotatable bonds is 5. The lowest BCUT2D eigenvalue weighted by Crippen LogP contribution is -2.29. The number of amides is 2. The highest BCUT2D eigenvalue weighted by molar-refractivity contribution is 7.15. The number of carbonyl (C=O) groups is 2. The van der Waals surface area contributed by atoms with Crippen molar-refractivity contribution in [3.63, 3.8) is 0 Å². The van der Waals surface area contributed by atoms with Crippen LogP contribution in [0.3, 0.4) is 0 Å². The van der Waals surface area contributed by atoms with Crippen LogP contribution in [-0.2, 0) is 9.59 Å². The quantitative estimate of drug-likeness (QED) is 0.890. The maximum Gasteiger partial charge on any atom is 0.228 e. The van der Waals surface area contributed by atoms with Gasteiger partial charge in [-0.1, -0.05) is 30.3 Å². The van der Waals surface area contributed by atoms with Gasteiger partial charge in [0, 0.05) is 11.8 Å². The van der Waals surface area contributed by atoms with Crippen LogP contribution in [0, 0.1) is 13.8 Å². The highest BCUT2D eigenvalue weighted by Gasteiger charge is 2.18. The van der Waals surface area contributed by atoms with Gasteiger partial charge in [0.2, 0.25) is 11.8 Å². The monoisotopic (exact) mass is 317 g/mol. The van der Waals surface area contributed by atoms with Crippen LogP contribution in [0.4, 0.5) is 5.13 Å². The Bertz CT molecular complexity index is 648. The second-order valence-corrected chi connectivity index (χ2v) is 6.28. The number of benzene rings is 1. The summed E-state index contributed by atoms with van der Waals surface area (Å²) in [5, 5.41) is 6.20. The molecule has 116 valence electrons. The summed E-state index contributed by atoms with van der Waals surface area (Å²) in [6.45, 7) is 5.32. The second-order valence-electron chi connectivity index (χ2n) is 5.08. The average molecular weight is 317 g/mol. The molecule has 1 aromatic carbocycles. The van der Waals surface area contributed by atoms with Crippen LogP contribution in [0.15, 0.2) is 30.3 Å². The van der Waals surface area contributed by atoms with E-state index in [1.54, 1.807) is 0 Å². The molecule has 2 rings (SSSR count). The summed E-state index contributed by atoms with van der Waals surface area (Å²) < 4.78 is 0. The van der Waals surface area contributed by atoms with Crippen molar-refractivity contribution in [1.82, 2.24) is 10.3 Å². The van der Waals surface area contributed by atoms with Crippen molar-refractivity contribution in [3.05, 3.63) is 46.5 Å². The van der Waals surface area contributed by atoms with Gasteiger partial charge in [-0.3, -0.25) is 9.59 Å². The van der Waals surface area contributed by atoms with E-state index in [2.05, 4.69) is 15.6 Å². The minimum atomic E-state index is -0.346. The third-order valence-electron chi connectivity index (χ3n) is 3.24. The fourth-order valence-electron chi connectivity index (χ4n) is 2.06.